The van der Waals surface area contributed by atoms with Gasteiger partial charge in [0.2, 0.25) is 0 Å². The van der Waals surface area contributed by atoms with Gasteiger partial charge < -0.3 is 15.1 Å². The van der Waals surface area contributed by atoms with E-state index >= 15 is 0 Å². The largest absolute Gasteiger partial charge is 0.310 e. The van der Waals surface area contributed by atoms with Crippen molar-refractivity contribution in [2.24, 2.45) is 0 Å². The summed E-state index contributed by atoms with van der Waals surface area (Å²) < 4.78 is 13.1. The number of hydrogen-bond acceptors (Lipinski definition) is 3. The van der Waals surface area contributed by atoms with Crippen LogP contribution in [0.4, 0.5) is 4.39 Å². The second-order valence-electron chi connectivity index (χ2n) is 5.95. The van der Waals surface area contributed by atoms with Crippen LogP contribution in [0, 0.1) is 5.82 Å². The molecule has 1 aromatic rings. The lowest BCUT2D eigenvalue weighted by atomic mass is 10.0. The van der Waals surface area contributed by atoms with Crippen molar-refractivity contribution in [3.05, 3.63) is 35.6 Å². The fourth-order valence-corrected chi connectivity index (χ4v) is 2.96. The first kappa shape index (κ1) is 16.4. The minimum Gasteiger partial charge on any atom is -0.310 e. The average molecular weight is 293 g/mol. The Morgan fingerprint density at radius 1 is 1.14 bits per heavy atom. The lowest BCUT2D eigenvalue weighted by Gasteiger charge is -2.24. The first-order valence-electron chi connectivity index (χ1n) is 8.08. The number of rotatable bonds is 6. The molecule has 1 fully saturated rings. The maximum absolute atomic E-state index is 13.1. The molecular weight excluding hydrogens is 265 g/mol. The van der Waals surface area contributed by atoms with E-state index in [-0.39, 0.29) is 5.82 Å². The van der Waals surface area contributed by atoms with Crippen LogP contribution in [0.1, 0.15) is 31.4 Å². The number of nitrogens with zero attached hydrogens (tertiary/aromatic N) is 2. The zero-order valence-electron chi connectivity index (χ0n) is 13.3. The quantitative estimate of drug-likeness (QED) is 0.869. The maximum Gasteiger partial charge on any atom is 0.123 e. The van der Waals surface area contributed by atoms with Gasteiger partial charge in [-0.3, -0.25) is 0 Å². The molecule has 1 saturated heterocycles. The van der Waals surface area contributed by atoms with Crippen molar-refractivity contribution in [1.82, 2.24) is 15.1 Å². The van der Waals surface area contributed by atoms with E-state index in [9.17, 15) is 4.39 Å². The number of hydrogen-bond donors (Lipinski definition) is 1. The van der Waals surface area contributed by atoms with Crippen LogP contribution in [-0.4, -0.2) is 56.1 Å². The van der Waals surface area contributed by atoms with Crippen molar-refractivity contribution in [3.63, 3.8) is 0 Å². The zero-order chi connectivity index (χ0) is 15.1. The molecule has 1 heterocycles. The third kappa shape index (κ3) is 5.38. The van der Waals surface area contributed by atoms with Gasteiger partial charge in [-0.05, 0) is 63.8 Å². The highest BCUT2D eigenvalue weighted by atomic mass is 19.1. The first-order valence-corrected chi connectivity index (χ1v) is 8.08. The van der Waals surface area contributed by atoms with E-state index < -0.39 is 0 Å². The molecule has 0 aromatic heterocycles. The molecule has 1 aliphatic heterocycles. The lowest BCUT2D eigenvalue weighted by Crippen LogP contribution is -2.32. The highest BCUT2D eigenvalue weighted by Crippen LogP contribution is 2.18. The second kappa shape index (κ2) is 8.47. The van der Waals surface area contributed by atoms with E-state index in [0.717, 1.165) is 32.6 Å². The first-order chi connectivity index (χ1) is 10.2. The van der Waals surface area contributed by atoms with Crippen molar-refractivity contribution in [2.75, 3.05) is 46.3 Å². The molecule has 21 heavy (non-hydrogen) atoms. The van der Waals surface area contributed by atoms with Crippen LogP contribution in [0.25, 0.3) is 0 Å². The van der Waals surface area contributed by atoms with Crippen molar-refractivity contribution >= 4 is 0 Å². The Labute approximate surface area is 128 Å². The van der Waals surface area contributed by atoms with Crippen LogP contribution < -0.4 is 5.32 Å². The normalized spacial score (nSPS) is 19.4. The molecular formula is C17H28FN3. The summed E-state index contributed by atoms with van der Waals surface area (Å²) in [5, 5.41) is 3.52. The van der Waals surface area contributed by atoms with Crippen LogP contribution in [0.15, 0.2) is 24.3 Å². The van der Waals surface area contributed by atoms with Crippen LogP contribution in [0.2, 0.25) is 0 Å². The highest BCUT2D eigenvalue weighted by Gasteiger charge is 2.15. The molecule has 4 heteroatoms. The molecule has 1 N–H and O–H groups in total. The number of nitrogens with one attached hydrogen (secondary N) is 1. The SMILES string of the molecule is CCNC(CCN1CCCN(C)CC1)c1ccc(F)cc1. The van der Waals surface area contributed by atoms with Gasteiger partial charge in [-0.15, -0.1) is 0 Å². The number of halogens is 1. The van der Waals surface area contributed by atoms with E-state index in [4.69, 9.17) is 0 Å². The Bertz CT molecular complexity index is 407. The van der Waals surface area contributed by atoms with E-state index in [2.05, 4.69) is 29.1 Å². The summed E-state index contributed by atoms with van der Waals surface area (Å²) in [6.07, 6.45) is 2.32. The van der Waals surface area contributed by atoms with Gasteiger partial charge in [0.15, 0.2) is 0 Å². The van der Waals surface area contributed by atoms with Gasteiger partial charge in [-0.2, -0.15) is 0 Å². The summed E-state index contributed by atoms with van der Waals surface area (Å²) in [7, 11) is 2.20. The molecule has 0 spiro atoms. The maximum atomic E-state index is 13.1. The number of likely N-dealkylation sites (N-methyl/N-ethyl adjacent to an activating group) is 1. The van der Waals surface area contributed by atoms with Crippen LogP contribution in [0.3, 0.4) is 0 Å². The van der Waals surface area contributed by atoms with Crippen LogP contribution in [0.5, 0.6) is 0 Å². The van der Waals surface area contributed by atoms with Gasteiger partial charge in [0.05, 0.1) is 0 Å². The van der Waals surface area contributed by atoms with Gasteiger partial charge in [-0.1, -0.05) is 19.1 Å². The third-order valence-corrected chi connectivity index (χ3v) is 4.27. The highest BCUT2D eigenvalue weighted by molar-refractivity contribution is 5.19. The van der Waals surface area contributed by atoms with Crippen LogP contribution >= 0.6 is 0 Å². The van der Waals surface area contributed by atoms with Crippen molar-refractivity contribution < 1.29 is 4.39 Å². The molecule has 118 valence electrons. The molecule has 1 atom stereocenters. The summed E-state index contributed by atoms with van der Waals surface area (Å²) >= 11 is 0. The minimum absolute atomic E-state index is 0.162. The standard InChI is InChI=1S/C17H28FN3/c1-3-19-17(15-5-7-16(18)8-6-15)9-12-21-11-4-10-20(2)13-14-21/h5-8,17,19H,3-4,9-14H2,1-2H3. The van der Waals surface area contributed by atoms with Crippen molar-refractivity contribution in [2.45, 2.75) is 25.8 Å². The fourth-order valence-electron chi connectivity index (χ4n) is 2.96. The number of benzene rings is 1. The van der Waals surface area contributed by atoms with Gasteiger partial charge in [-0.25, -0.2) is 4.39 Å². The Morgan fingerprint density at radius 3 is 2.62 bits per heavy atom. The molecule has 2 rings (SSSR count). The average Bonchev–Trinajstić information content (AvgIpc) is 2.69. The predicted octanol–water partition coefficient (Wildman–Crippen LogP) is 2.50. The van der Waals surface area contributed by atoms with Crippen LogP contribution in [-0.2, 0) is 0 Å². The summed E-state index contributed by atoms with van der Waals surface area (Å²) in [5.74, 6) is -0.162. The molecule has 1 aliphatic rings. The Balaban J connectivity index is 1.89. The molecule has 0 amide bonds. The second-order valence-corrected chi connectivity index (χ2v) is 5.95. The van der Waals surface area contributed by atoms with Gasteiger partial charge in [0.25, 0.3) is 0 Å². The molecule has 1 aromatic carbocycles. The van der Waals surface area contributed by atoms with E-state index in [1.165, 1.54) is 25.1 Å². The summed E-state index contributed by atoms with van der Waals surface area (Å²) in [6, 6.07) is 7.23. The van der Waals surface area contributed by atoms with E-state index in [0.29, 0.717) is 6.04 Å². The van der Waals surface area contributed by atoms with E-state index in [1.807, 2.05) is 12.1 Å². The third-order valence-electron chi connectivity index (χ3n) is 4.27. The molecule has 0 saturated carbocycles. The monoisotopic (exact) mass is 293 g/mol. The molecule has 3 nitrogen and oxygen atoms in total. The Kier molecular flexibility index (Phi) is 6.61. The summed E-state index contributed by atoms with van der Waals surface area (Å²) in [4.78, 5) is 4.96. The predicted molar refractivity (Wildman–Crippen MR) is 86.0 cm³/mol. The molecule has 1 unspecified atom stereocenters. The zero-order valence-corrected chi connectivity index (χ0v) is 13.3. The van der Waals surface area contributed by atoms with Crippen molar-refractivity contribution in [3.8, 4) is 0 Å². The lowest BCUT2D eigenvalue weighted by molar-refractivity contribution is 0.261. The molecule has 0 aliphatic carbocycles. The summed E-state index contributed by atoms with van der Waals surface area (Å²) in [6.45, 7) is 8.85. The van der Waals surface area contributed by atoms with Crippen molar-refractivity contribution in [1.29, 1.82) is 0 Å². The summed E-state index contributed by atoms with van der Waals surface area (Å²) in [5.41, 5.74) is 1.19. The molecule has 0 radical (unpaired) electrons. The minimum atomic E-state index is -0.162. The van der Waals surface area contributed by atoms with Gasteiger partial charge >= 0.3 is 0 Å². The Morgan fingerprint density at radius 2 is 1.90 bits per heavy atom. The van der Waals surface area contributed by atoms with E-state index in [1.54, 1.807) is 12.1 Å². The smallest absolute Gasteiger partial charge is 0.123 e. The topological polar surface area (TPSA) is 18.5 Å². The fraction of sp³-hybridized carbons (Fsp3) is 0.647. The Hall–Kier alpha value is -0.970. The van der Waals surface area contributed by atoms with Gasteiger partial charge in [0, 0.05) is 19.1 Å². The molecule has 0 bridgehead atoms. The van der Waals surface area contributed by atoms with Gasteiger partial charge in [0.1, 0.15) is 5.82 Å².